The SMILES string of the molecule is C#Cc1ccccc1-c1ccccc1NC(=O)c1c(C)nn(C)c1F. The van der Waals surface area contributed by atoms with Crippen molar-refractivity contribution in [3.63, 3.8) is 0 Å². The van der Waals surface area contributed by atoms with Crippen LogP contribution in [0.25, 0.3) is 11.1 Å². The van der Waals surface area contributed by atoms with Crippen LogP contribution in [0.2, 0.25) is 0 Å². The van der Waals surface area contributed by atoms with Gasteiger partial charge in [0.2, 0.25) is 5.95 Å². The molecule has 0 atom stereocenters. The minimum absolute atomic E-state index is 0.0671. The highest BCUT2D eigenvalue weighted by Crippen LogP contribution is 2.30. The van der Waals surface area contributed by atoms with Gasteiger partial charge in [0.25, 0.3) is 5.91 Å². The lowest BCUT2D eigenvalue weighted by molar-refractivity contribution is 0.102. The van der Waals surface area contributed by atoms with Gasteiger partial charge in [0.05, 0.1) is 5.69 Å². The molecule has 2 aromatic carbocycles. The van der Waals surface area contributed by atoms with E-state index in [0.717, 1.165) is 15.8 Å². The first-order valence-electron chi connectivity index (χ1n) is 7.68. The molecule has 1 amide bonds. The molecule has 1 N–H and O–H groups in total. The first kappa shape index (κ1) is 16.5. The van der Waals surface area contributed by atoms with E-state index in [9.17, 15) is 9.18 Å². The summed E-state index contributed by atoms with van der Waals surface area (Å²) in [4.78, 5) is 12.6. The molecule has 0 aliphatic heterocycles. The zero-order valence-electron chi connectivity index (χ0n) is 13.9. The number of rotatable bonds is 3. The van der Waals surface area contributed by atoms with Gasteiger partial charge < -0.3 is 5.32 Å². The number of hydrogen-bond acceptors (Lipinski definition) is 2. The molecule has 5 heteroatoms. The van der Waals surface area contributed by atoms with E-state index in [1.165, 1.54) is 7.05 Å². The third-order valence-electron chi connectivity index (χ3n) is 3.93. The molecule has 1 heterocycles. The number of aryl methyl sites for hydroxylation is 2. The van der Waals surface area contributed by atoms with Crippen LogP contribution in [0.4, 0.5) is 10.1 Å². The fraction of sp³-hybridized carbons (Fsp3) is 0.100. The maximum atomic E-state index is 14.1. The Bertz CT molecular complexity index is 998. The predicted molar refractivity (Wildman–Crippen MR) is 95.7 cm³/mol. The molecule has 0 spiro atoms. The van der Waals surface area contributed by atoms with Gasteiger partial charge >= 0.3 is 0 Å². The van der Waals surface area contributed by atoms with Crippen LogP contribution >= 0.6 is 0 Å². The Kier molecular flexibility index (Phi) is 4.36. The van der Waals surface area contributed by atoms with Gasteiger partial charge in [-0.25, -0.2) is 4.68 Å². The van der Waals surface area contributed by atoms with E-state index < -0.39 is 11.9 Å². The van der Waals surface area contributed by atoms with Gasteiger partial charge in [-0.05, 0) is 24.6 Å². The predicted octanol–water partition coefficient (Wildman–Crippen LogP) is 3.77. The van der Waals surface area contributed by atoms with Crippen LogP contribution in [0.1, 0.15) is 21.6 Å². The van der Waals surface area contributed by atoms with Gasteiger partial charge in [0.15, 0.2) is 0 Å². The van der Waals surface area contributed by atoms with Gasteiger partial charge in [-0.15, -0.1) is 6.42 Å². The molecule has 1 aromatic heterocycles. The minimum Gasteiger partial charge on any atom is -0.321 e. The molecule has 0 saturated carbocycles. The highest BCUT2D eigenvalue weighted by atomic mass is 19.1. The zero-order valence-corrected chi connectivity index (χ0v) is 13.9. The molecule has 0 radical (unpaired) electrons. The summed E-state index contributed by atoms with van der Waals surface area (Å²) in [5.41, 5.74) is 3.13. The van der Waals surface area contributed by atoms with E-state index >= 15 is 0 Å². The Balaban J connectivity index is 2.03. The lowest BCUT2D eigenvalue weighted by Gasteiger charge is -2.12. The largest absolute Gasteiger partial charge is 0.321 e. The second kappa shape index (κ2) is 6.62. The lowest BCUT2D eigenvalue weighted by atomic mass is 9.98. The average Bonchev–Trinajstić information content (AvgIpc) is 2.87. The smallest absolute Gasteiger partial charge is 0.262 e. The Labute approximate surface area is 145 Å². The van der Waals surface area contributed by atoms with E-state index in [2.05, 4.69) is 16.3 Å². The lowest BCUT2D eigenvalue weighted by Crippen LogP contribution is -2.15. The third-order valence-corrected chi connectivity index (χ3v) is 3.93. The summed E-state index contributed by atoms with van der Waals surface area (Å²) in [5.74, 6) is 1.42. The number of carbonyl (C=O) groups is 1. The summed E-state index contributed by atoms with van der Waals surface area (Å²) in [6.45, 7) is 1.59. The number of para-hydroxylation sites is 1. The summed E-state index contributed by atoms with van der Waals surface area (Å²) >= 11 is 0. The van der Waals surface area contributed by atoms with Crippen LogP contribution in [-0.2, 0) is 7.05 Å². The first-order valence-corrected chi connectivity index (χ1v) is 7.68. The van der Waals surface area contributed by atoms with E-state index in [1.54, 1.807) is 19.1 Å². The van der Waals surface area contributed by atoms with Crippen molar-refractivity contribution in [2.75, 3.05) is 5.32 Å². The number of nitrogens with zero attached hydrogens (tertiary/aromatic N) is 2. The molecule has 3 aromatic rings. The molecular weight excluding hydrogens is 317 g/mol. The quantitative estimate of drug-likeness (QED) is 0.742. The Morgan fingerprint density at radius 1 is 1.16 bits per heavy atom. The molecule has 3 rings (SSSR count). The topological polar surface area (TPSA) is 46.9 Å². The second-order valence-electron chi connectivity index (χ2n) is 5.56. The molecule has 0 unspecified atom stereocenters. The summed E-state index contributed by atoms with van der Waals surface area (Å²) in [6, 6.07) is 14.7. The van der Waals surface area contributed by atoms with Crippen molar-refractivity contribution in [1.29, 1.82) is 0 Å². The first-order chi connectivity index (χ1) is 12.0. The molecule has 0 saturated heterocycles. The van der Waals surface area contributed by atoms with E-state index in [4.69, 9.17) is 6.42 Å². The minimum atomic E-state index is -0.670. The van der Waals surface area contributed by atoms with E-state index in [0.29, 0.717) is 16.9 Å². The van der Waals surface area contributed by atoms with Crippen LogP contribution < -0.4 is 5.32 Å². The van der Waals surface area contributed by atoms with Crippen LogP contribution in [0.3, 0.4) is 0 Å². The van der Waals surface area contributed by atoms with Crippen molar-refractivity contribution in [2.45, 2.75) is 6.92 Å². The Hall–Kier alpha value is -3.39. The summed E-state index contributed by atoms with van der Waals surface area (Å²) in [6.07, 6.45) is 5.57. The van der Waals surface area contributed by atoms with Crippen LogP contribution in [-0.4, -0.2) is 15.7 Å². The van der Waals surface area contributed by atoms with Gasteiger partial charge in [0.1, 0.15) is 5.56 Å². The number of carbonyl (C=O) groups excluding carboxylic acids is 1. The van der Waals surface area contributed by atoms with Crippen molar-refractivity contribution in [3.05, 3.63) is 71.3 Å². The fourth-order valence-electron chi connectivity index (χ4n) is 2.74. The number of terminal acetylenes is 1. The highest BCUT2D eigenvalue weighted by molar-refractivity contribution is 6.07. The number of benzene rings is 2. The number of halogens is 1. The van der Waals surface area contributed by atoms with Gasteiger partial charge in [-0.2, -0.15) is 9.49 Å². The molecular formula is C20H16FN3O. The van der Waals surface area contributed by atoms with Crippen molar-refractivity contribution in [2.24, 2.45) is 7.05 Å². The molecule has 0 bridgehead atoms. The fourth-order valence-corrected chi connectivity index (χ4v) is 2.74. The van der Waals surface area contributed by atoms with Crippen LogP contribution in [0.5, 0.6) is 0 Å². The van der Waals surface area contributed by atoms with E-state index in [-0.39, 0.29) is 5.56 Å². The maximum absolute atomic E-state index is 14.1. The Morgan fingerprint density at radius 3 is 2.44 bits per heavy atom. The number of anilines is 1. The molecule has 25 heavy (non-hydrogen) atoms. The molecule has 0 aliphatic rings. The molecule has 124 valence electrons. The standard InChI is InChI=1S/C20H16FN3O/c1-4-14-9-5-6-10-15(14)16-11-7-8-12-17(16)22-20(25)18-13(2)23-24(3)19(18)21/h1,5-12H,2-3H3,(H,22,25). The van der Waals surface area contributed by atoms with Gasteiger partial charge in [0, 0.05) is 23.9 Å². The maximum Gasteiger partial charge on any atom is 0.262 e. The molecule has 0 fully saturated rings. The second-order valence-corrected chi connectivity index (χ2v) is 5.56. The van der Waals surface area contributed by atoms with E-state index in [1.807, 2.05) is 36.4 Å². The third kappa shape index (κ3) is 3.02. The van der Waals surface area contributed by atoms with Gasteiger partial charge in [-0.1, -0.05) is 42.3 Å². The normalized spacial score (nSPS) is 10.3. The van der Waals surface area contributed by atoms with Crippen molar-refractivity contribution < 1.29 is 9.18 Å². The molecule has 0 aliphatic carbocycles. The number of amides is 1. The summed E-state index contributed by atoms with van der Waals surface area (Å²) in [5, 5.41) is 6.71. The number of nitrogens with one attached hydrogen (secondary N) is 1. The monoisotopic (exact) mass is 333 g/mol. The van der Waals surface area contributed by atoms with Crippen molar-refractivity contribution in [1.82, 2.24) is 9.78 Å². The van der Waals surface area contributed by atoms with Gasteiger partial charge in [-0.3, -0.25) is 4.79 Å². The Morgan fingerprint density at radius 2 is 1.80 bits per heavy atom. The summed E-state index contributed by atoms with van der Waals surface area (Å²) < 4.78 is 15.2. The van der Waals surface area contributed by atoms with Crippen LogP contribution in [0.15, 0.2) is 48.5 Å². The highest BCUT2D eigenvalue weighted by Gasteiger charge is 2.21. The number of hydrogen-bond donors (Lipinski definition) is 1. The number of aromatic nitrogens is 2. The molecule has 4 nitrogen and oxygen atoms in total. The van der Waals surface area contributed by atoms with Crippen molar-refractivity contribution >= 4 is 11.6 Å². The average molecular weight is 333 g/mol. The van der Waals surface area contributed by atoms with Crippen molar-refractivity contribution in [3.8, 4) is 23.5 Å². The summed E-state index contributed by atoms with van der Waals surface area (Å²) in [7, 11) is 1.45. The zero-order chi connectivity index (χ0) is 18.0. The van der Waals surface area contributed by atoms with Crippen LogP contribution in [0, 0.1) is 25.2 Å².